The van der Waals surface area contributed by atoms with Gasteiger partial charge in [0.05, 0.1) is 6.61 Å². The number of ether oxygens (including phenoxy) is 1. The van der Waals surface area contributed by atoms with Crippen LogP contribution in [0.2, 0.25) is 0 Å². The second-order valence-corrected chi connectivity index (χ2v) is 6.53. The summed E-state index contributed by atoms with van der Waals surface area (Å²) in [5, 5.41) is 0. The number of piperidine rings is 1. The van der Waals surface area contributed by atoms with E-state index in [1.807, 2.05) is 37.3 Å². The van der Waals surface area contributed by atoms with Crippen molar-refractivity contribution >= 4 is 5.91 Å². The van der Waals surface area contributed by atoms with Crippen molar-refractivity contribution in [2.75, 3.05) is 13.2 Å². The number of nitrogens with zero attached hydrogens (tertiary/aromatic N) is 1. The van der Waals surface area contributed by atoms with Crippen molar-refractivity contribution in [2.45, 2.75) is 51.4 Å². The number of fused-ring (bicyclic) bond motifs is 1. The van der Waals surface area contributed by atoms with Gasteiger partial charge in [-0.05, 0) is 31.7 Å². The van der Waals surface area contributed by atoms with Gasteiger partial charge in [-0.3, -0.25) is 4.79 Å². The molecule has 2 aliphatic rings. The van der Waals surface area contributed by atoms with Crippen molar-refractivity contribution in [3.05, 3.63) is 35.9 Å². The number of hydrogen-bond donors (Lipinski definition) is 0. The van der Waals surface area contributed by atoms with E-state index in [-0.39, 0.29) is 17.4 Å². The molecule has 3 rings (SSSR count). The average molecular weight is 305 g/mol. The molecule has 2 fully saturated rings. The second-order valence-electron chi connectivity index (χ2n) is 6.53. The molecule has 1 aliphatic carbocycles. The maximum Gasteiger partial charge on any atom is 0.257 e. The van der Waals surface area contributed by atoms with E-state index in [9.17, 15) is 9.18 Å². The van der Waals surface area contributed by atoms with E-state index in [2.05, 4.69) is 0 Å². The van der Waals surface area contributed by atoms with Crippen LogP contribution >= 0.6 is 0 Å². The van der Waals surface area contributed by atoms with E-state index < -0.39 is 6.17 Å². The first-order valence-corrected chi connectivity index (χ1v) is 8.22. The van der Waals surface area contributed by atoms with Gasteiger partial charge in [0.1, 0.15) is 0 Å². The Morgan fingerprint density at radius 3 is 2.86 bits per heavy atom. The molecule has 0 radical (unpaired) electrons. The molecular weight excluding hydrogens is 281 g/mol. The number of hydrogen-bond acceptors (Lipinski definition) is 2. The molecule has 0 bridgehead atoms. The number of likely N-dealkylation sites (tertiary alicyclic amines) is 1. The summed E-state index contributed by atoms with van der Waals surface area (Å²) in [6, 6.07) is 9.97. The molecule has 1 aromatic rings. The first-order chi connectivity index (χ1) is 10.7. The van der Waals surface area contributed by atoms with Gasteiger partial charge in [0.15, 0.2) is 6.17 Å². The molecule has 1 amide bonds. The summed E-state index contributed by atoms with van der Waals surface area (Å²) in [6.07, 6.45) is 1.89. The van der Waals surface area contributed by atoms with Gasteiger partial charge in [-0.1, -0.05) is 36.8 Å². The zero-order valence-corrected chi connectivity index (χ0v) is 13.1. The predicted molar refractivity (Wildman–Crippen MR) is 83.1 cm³/mol. The summed E-state index contributed by atoms with van der Waals surface area (Å²) < 4.78 is 20.0. The predicted octanol–water partition coefficient (Wildman–Crippen LogP) is 3.33. The molecule has 1 saturated heterocycles. The highest BCUT2D eigenvalue weighted by molar-refractivity contribution is 5.82. The van der Waals surface area contributed by atoms with Crippen molar-refractivity contribution in [2.24, 2.45) is 5.41 Å². The first kappa shape index (κ1) is 15.5. The van der Waals surface area contributed by atoms with Crippen LogP contribution in [0.4, 0.5) is 4.39 Å². The van der Waals surface area contributed by atoms with Crippen LogP contribution in [0.3, 0.4) is 0 Å². The normalized spacial score (nSPS) is 31.4. The van der Waals surface area contributed by atoms with E-state index >= 15 is 0 Å². The van der Waals surface area contributed by atoms with Crippen molar-refractivity contribution in [3.8, 4) is 0 Å². The Morgan fingerprint density at radius 1 is 1.36 bits per heavy atom. The topological polar surface area (TPSA) is 29.5 Å². The third-order valence-electron chi connectivity index (χ3n) is 5.16. The highest BCUT2D eigenvalue weighted by Gasteiger charge is 2.54. The monoisotopic (exact) mass is 305 g/mol. The number of amides is 1. The largest absolute Gasteiger partial charge is 0.381 e. The van der Waals surface area contributed by atoms with Crippen LogP contribution in [0.25, 0.3) is 0 Å². The Morgan fingerprint density at radius 2 is 2.14 bits per heavy atom. The molecule has 3 atom stereocenters. The van der Waals surface area contributed by atoms with E-state index in [1.165, 1.54) is 0 Å². The second kappa shape index (κ2) is 6.37. The average Bonchev–Trinajstić information content (AvgIpc) is 2.94. The minimum Gasteiger partial charge on any atom is -0.381 e. The molecule has 1 aliphatic heterocycles. The van der Waals surface area contributed by atoms with E-state index in [0.717, 1.165) is 24.8 Å². The van der Waals surface area contributed by atoms with E-state index in [4.69, 9.17) is 4.74 Å². The minimum atomic E-state index is -1.39. The lowest BCUT2D eigenvalue weighted by Gasteiger charge is -2.47. The van der Waals surface area contributed by atoms with Gasteiger partial charge in [0, 0.05) is 24.6 Å². The fourth-order valence-electron chi connectivity index (χ4n) is 4.12. The Hall–Kier alpha value is -1.42. The Labute approximate surface area is 131 Å². The van der Waals surface area contributed by atoms with Crippen molar-refractivity contribution in [1.29, 1.82) is 0 Å². The van der Waals surface area contributed by atoms with E-state index in [1.54, 1.807) is 4.90 Å². The highest BCUT2D eigenvalue weighted by atomic mass is 19.1. The Kier molecular flexibility index (Phi) is 4.48. The molecule has 1 aromatic carbocycles. The quantitative estimate of drug-likeness (QED) is 0.835. The number of carbonyl (C=O) groups is 1. The molecule has 0 aromatic heterocycles. The van der Waals surface area contributed by atoms with Crippen molar-refractivity contribution < 1.29 is 13.9 Å². The van der Waals surface area contributed by atoms with Gasteiger partial charge in [-0.2, -0.15) is 0 Å². The number of rotatable bonds is 5. The molecule has 4 heteroatoms. The first-order valence-electron chi connectivity index (χ1n) is 8.22. The lowest BCUT2D eigenvalue weighted by molar-refractivity contribution is -0.154. The molecule has 0 spiro atoms. The smallest absolute Gasteiger partial charge is 0.257 e. The summed E-state index contributed by atoms with van der Waals surface area (Å²) in [4.78, 5) is 14.2. The summed E-state index contributed by atoms with van der Waals surface area (Å²) in [6.45, 7) is 3.66. The van der Waals surface area contributed by atoms with E-state index in [0.29, 0.717) is 26.2 Å². The van der Waals surface area contributed by atoms with Crippen molar-refractivity contribution in [3.63, 3.8) is 0 Å². The van der Waals surface area contributed by atoms with Crippen LogP contribution in [-0.4, -0.2) is 36.2 Å². The van der Waals surface area contributed by atoms with Gasteiger partial charge in [-0.15, -0.1) is 0 Å². The van der Waals surface area contributed by atoms with Crippen LogP contribution in [-0.2, 0) is 16.1 Å². The number of carbonyl (C=O) groups excluding carboxylic acids is 1. The lowest BCUT2D eigenvalue weighted by Crippen LogP contribution is -2.57. The number of halogens is 1. The summed E-state index contributed by atoms with van der Waals surface area (Å²) in [7, 11) is 0. The summed E-state index contributed by atoms with van der Waals surface area (Å²) in [5.41, 5.74) is 0.861. The van der Waals surface area contributed by atoms with Gasteiger partial charge in [0.25, 0.3) is 5.91 Å². The summed E-state index contributed by atoms with van der Waals surface area (Å²) in [5.74, 6) is -0.345. The maximum atomic E-state index is 14.4. The van der Waals surface area contributed by atoms with Gasteiger partial charge >= 0.3 is 0 Å². The zero-order valence-electron chi connectivity index (χ0n) is 13.1. The molecule has 1 heterocycles. The molecular formula is C18H24FNO2. The minimum absolute atomic E-state index is 0.110. The lowest BCUT2D eigenvalue weighted by atomic mass is 9.74. The molecule has 0 unspecified atom stereocenters. The third-order valence-corrected chi connectivity index (χ3v) is 5.16. The van der Waals surface area contributed by atoms with Crippen molar-refractivity contribution in [1.82, 2.24) is 4.90 Å². The molecule has 1 saturated carbocycles. The zero-order chi connectivity index (χ0) is 15.6. The molecule has 120 valence electrons. The fourth-order valence-corrected chi connectivity index (χ4v) is 4.12. The van der Waals surface area contributed by atoms with Gasteiger partial charge in [-0.25, -0.2) is 4.39 Å². The van der Waals surface area contributed by atoms with Crippen LogP contribution in [0.15, 0.2) is 30.3 Å². The highest BCUT2D eigenvalue weighted by Crippen LogP contribution is 2.49. The maximum absolute atomic E-state index is 14.4. The Balaban J connectivity index is 1.85. The van der Waals surface area contributed by atoms with Crippen LogP contribution in [0, 0.1) is 5.41 Å². The summed E-state index contributed by atoms with van der Waals surface area (Å²) >= 11 is 0. The van der Waals surface area contributed by atoms with Crippen LogP contribution < -0.4 is 0 Å². The van der Waals surface area contributed by atoms with Crippen LogP contribution in [0.1, 0.15) is 38.2 Å². The number of benzene rings is 1. The van der Waals surface area contributed by atoms with Gasteiger partial charge < -0.3 is 9.64 Å². The fraction of sp³-hybridized carbons (Fsp3) is 0.611. The molecule has 22 heavy (non-hydrogen) atoms. The Bertz CT molecular complexity index is 521. The standard InChI is InChI=1S/C18H24FNO2/c1-2-22-13-18-10-6-9-16(18)20(17(21)15(19)11-18)12-14-7-4-3-5-8-14/h3-5,7-8,15-16H,2,6,9-13H2,1H3/t15-,16+,18+/m0/s1. The van der Waals surface area contributed by atoms with Gasteiger partial charge in [0.2, 0.25) is 0 Å². The van der Waals surface area contributed by atoms with Crippen LogP contribution in [0.5, 0.6) is 0 Å². The third kappa shape index (κ3) is 2.76. The number of alkyl halides is 1. The molecule has 3 nitrogen and oxygen atoms in total. The molecule has 0 N–H and O–H groups in total. The SMILES string of the molecule is CCOC[C@]12CCC[C@H]1N(Cc1ccccc1)C(=O)[C@@H](F)C2.